The number of nitrogens with one attached hydrogen (secondary N) is 1. The first kappa shape index (κ1) is 15.1. The van der Waals surface area contributed by atoms with Gasteiger partial charge in [-0.1, -0.05) is 64.3 Å². The van der Waals surface area contributed by atoms with Crippen molar-refractivity contribution in [1.82, 2.24) is 5.32 Å². The van der Waals surface area contributed by atoms with Crippen molar-refractivity contribution >= 4 is 0 Å². The third-order valence-electron chi connectivity index (χ3n) is 5.98. The molecule has 0 aliphatic heterocycles. The van der Waals surface area contributed by atoms with Crippen LogP contribution in [0.15, 0.2) is 24.3 Å². The van der Waals surface area contributed by atoms with Gasteiger partial charge < -0.3 is 5.32 Å². The van der Waals surface area contributed by atoms with Crippen molar-refractivity contribution in [2.45, 2.75) is 71.8 Å². The summed E-state index contributed by atoms with van der Waals surface area (Å²) < 4.78 is 0. The Kier molecular flexibility index (Phi) is 4.14. The van der Waals surface area contributed by atoms with Crippen LogP contribution in [0, 0.1) is 10.8 Å². The molecule has 116 valence electrons. The molecule has 3 rings (SSSR count). The molecular formula is C20H31N. The Labute approximate surface area is 130 Å². The molecule has 0 spiro atoms. The number of rotatable bonds is 3. The fraction of sp³-hybridized carbons (Fsp3) is 0.700. The molecule has 0 radical (unpaired) electrons. The monoisotopic (exact) mass is 285 g/mol. The van der Waals surface area contributed by atoms with Crippen molar-refractivity contribution in [3.8, 4) is 0 Å². The van der Waals surface area contributed by atoms with Crippen LogP contribution in [0.3, 0.4) is 0 Å². The zero-order valence-corrected chi connectivity index (χ0v) is 14.0. The van der Waals surface area contributed by atoms with E-state index in [1.165, 1.54) is 51.5 Å². The van der Waals surface area contributed by atoms with E-state index in [0.717, 1.165) is 0 Å². The number of fused-ring (bicyclic) bond motifs is 1. The summed E-state index contributed by atoms with van der Waals surface area (Å²) in [4.78, 5) is 0. The van der Waals surface area contributed by atoms with Gasteiger partial charge in [-0.2, -0.15) is 0 Å². The standard InChI is InChI=1S/C20H31N/c1-19(2)14-11-16-9-5-6-10-17(16)18(19)21-15-20(3)12-7-4-8-13-20/h5-6,9-10,18,21H,4,7-8,11-15H2,1-3H3. The molecule has 1 aromatic rings. The van der Waals surface area contributed by atoms with Crippen LogP contribution in [-0.4, -0.2) is 6.54 Å². The Morgan fingerprint density at radius 2 is 1.71 bits per heavy atom. The minimum Gasteiger partial charge on any atom is -0.309 e. The second-order valence-electron chi connectivity index (χ2n) is 8.37. The van der Waals surface area contributed by atoms with Gasteiger partial charge in [0, 0.05) is 12.6 Å². The molecule has 0 aromatic heterocycles. The lowest BCUT2D eigenvalue weighted by molar-refractivity contribution is 0.154. The van der Waals surface area contributed by atoms with Crippen LogP contribution in [0.1, 0.15) is 76.5 Å². The smallest absolute Gasteiger partial charge is 0.0374 e. The fourth-order valence-electron chi connectivity index (χ4n) is 4.38. The zero-order valence-electron chi connectivity index (χ0n) is 14.0. The Morgan fingerprint density at radius 3 is 2.48 bits per heavy atom. The summed E-state index contributed by atoms with van der Waals surface area (Å²) in [7, 11) is 0. The topological polar surface area (TPSA) is 12.0 Å². The molecule has 0 amide bonds. The minimum absolute atomic E-state index is 0.360. The number of aryl methyl sites for hydroxylation is 1. The molecule has 2 aliphatic rings. The molecule has 1 N–H and O–H groups in total. The number of hydrogen-bond donors (Lipinski definition) is 1. The van der Waals surface area contributed by atoms with E-state index in [2.05, 4.69) is 50.4 Å². The average Bonchev–Trinajstić information content (AvgIpc) is 2.46. The van der Waals surface area contributed by atoms with Gasteiger partial charge in [-0.3, -0.25) is 0 Å². The first-order valence-electron chi connectivity index (χ1n) is 8.81. The molecule has 1 aromatic carbocycles. The molecule has 21 heavy (non-hydrogen) atoms. The Hall–Kier alpha value is -0.820. The molecule has 0 bridgehead atoms. The summed E-state index contributed by atoms with van der Waals surface area (Å²) in [5.41, 5.74) is 3.98. The molecule has 0 saturated heterocycles. The van der Waals surface area contributed by atoms with E-state index in [9.17, 15) is 0 Å². The van der Waals surface area contributed by atoms with Crippen LogP contribution in [0.2, 0.25) is 0 Å². The van der Waals surface area contributed by atoms with Crippen LogP contribution in [-0.2, 0) is 6.42 Å². The summed E-state index contributed by atoms with van der Waals surface area (Å²) in [6.45, 7) is 8.53. The van der Waals surface area contributed by atoms with Gasteiger partial charge >= 0.3 is 0 Å². The molecule has 1 saturated carbocycles. The Morgan fingerprint density at radius 1 is 1.00 bits per heavy atom. The molecule has 1 fully saturated rings. The molecule has 2 aliphatic carbocycles. The van der Waals surface area contributed by atoms with Crippen molar-refractivity contribution in [2.75, 3.05) is 6.54 Å². The highest BCUT2D eigenvalue weighted by atomic mass is 14.9. The van der Waals surface area contributed by atoms with Crippen LogP contribution < -0.4 is 5.32 Å². The van der Waals surface area contributed by atoms with E-state index < -0.39 is 0 Å². The molecule has 1 unspecified atom stereocenters. The lowest BCUT2D eigenvalue weighted by Gasteiger charge is -2.43. The first-order chi connectivity index (χ1) is 10.0. The van der Waals surface area contributed by atoms with Crippen molar-refractivity contribution in [3.63, 3.8) is 0 Å². The van der Waals surface area contributed by atoms with Gasteiger partial charge in [0.1, 0.15) is 0 Å². The normalized spacial score (nSPS) is 27.1. The van der Waals surface area contributed by atoms with Gasteiger partial charge in [0.05, 0.1) is 0 Å². The maximum absolute atomic E-state index is 3.98. The maximum atomic E-state index is 3.98. The predicted octanol–water partition coefficient (Wildman–Crippen LogP) is 5.26. The zero-order chi connectivity index (χ0) is 14.9. The quantitative estimate of drug-likeness (QED) is 0.798. The highest BCUT2D eigenvalue weighted by molar-refractivity contribution is 5.34. The van der Waals surface area contributed by atoms with E-state index in [4.69, 9.17) is 0 Å². The largest absolute Gasteiger partial charge is 0.309 e. The van der Waals surface area contributed by atoms with Crippen LogP contribution in [0.4, 0.5) is 0 Å². The molecular weight excluding hydrogens is 254 g/mol. The van der Waals surface area contributed by atoms with Gasteiger partial charge in [-0.05, 0) is 47.6 Å². The predicted molar refractivity (Wildman–Crippen MR) is 90.5 cm³/mol. The third kappa shape index (κ3) is 3.18. The first-order valence-corrected chi connectivity index (χ1v) is 8.81. The van der Waals surface area contributed by atoms with Crippen LogP contribution in [0.25, 0.3) is 0 Å². The average molecular weight is 285 g/mol. The molecule has 1 nitrogen and oxygen atoms in total. The van der Waals surface area contributed by atoms with E-state index in [1.54, 1.807) is 11.1 Å². The lowest BCUT2D eigenvalue weighted by atomic mass is 9.69. The van der Waals surface area contributed by atoms with E-state index >= 15 is 0 Å². The van der Waals surface area contributed by atoms with E-state index in [1.807, 2.05) is 0 Å². The summed E-state index contributed by atoms with van der Waals surface area (Å²) in [6.07, 6.45) is 9.60. The van der Waals surface area contributed by atoms with Gasteiger partial charge in [0.25, 0.3) is 0 Å². The summed E-state index contributed by atoms with van der Waals surface area (Å²) in [5, 5.41) is 3.98. The summed E-state index contributed by atoms with van der Waals surface area (Å²) in [5.74, 6) is 0. The second-order valence-corrected chi connectivity index (χ2v) is 8.37. The highest BCUT2D eigenvalue weighted by Gasteiger charge is 2.37. The Balaban J connectivity index is 1.76. The van der Waals surface area contributed by atoms with Gasteiger partial charge in [-0.15, -0.1) is 0 Å². The number of benzene rings is 1. The van der Waals surface area contributed by atoms with Gasteiger partial charge in [0.15, 0.2) is 0 Å². The third-order valence-corrected chi connectivity index (χ3v) is 5.98. The Bertz CT molecular complexity index is 482. The minimum atomic E-state index is 0.360. The number of hydrogen-bond acceptors (Lipinski definition) is 1. The SMILES string of the molecule is CC1(CNC2c3ccccc3CCC2(C)C)CCCCC1. The van der Waals surface area contributed by atoms with Crippen molar-refractivity contribution < 1.29 is 0 Å². The maximum Gasteiger partial charge on any atom is 0.0374 e. The highest BCUT2D eigenvalue weighted by Crippen LogP contribution is 2.44. The molecule has 1 atom stereocenters. The van der Waals surface area contributed by atoms with Gasteiger partial charge in [-0.25, -0.2) is 0 Å². The van der Waals surface area contributed by atoms with Gasteiger partial charge in [0.2, 0.25) is 0 Å². The molecule has 1 heteroatoms. The summed E-state index contributed by atoms with van der Waals surface area (Å²) in [6, 6.07) is 9.58. The van der Waals surface area contributed by atoms with Crippen LogP contribution in [0.5, 0.6) is 0 Å². The van der Waals surface area contributed by atoms with Crippen LogP contribution >= 0.6 is 0 Å². The molecule has 0 heterocycles. The summed E-state index contributed by atoms with van der Waals surface area (Å²) >= 11 is 0. The second kappa shape index (κ2) is 5.76. The van der Waals surface area contributed by atoms with Crippen molar-refractivity contribution in [3.05, 3.63) is 35.4 Å². The van der Waals surface area contributed by atoms with Crippen molar-refractivity contribution in [2.24, 2.45) is 10.8 Å². The van der Waals surface area contributed by atoms with Crippen molar-refractivity contribution in [1.29, 1.82) is 0 Å². The lowest BCUT2D eigenvalue weighted by Crippen LogP contribution is -2.43. The fourth-order valence-corrected chi connectivity index (χ4v) is 4.38. The van der Waals surface area contributed by atoms with E-state index in [0.29, 0.717) is 16.9 Å². The van der Waals surface area contributed by atoms with E-state index in [-0.39, 0.29) is 0 Å².